The Kier molecular flexibility index (Phi) is 5.17. The molecule has 0 amide bonds. The van der Waals surface area contributed by atoms with E-state index in [9.17, 15) is 0 Å². The van der Waals surface area contributed by atoms with Gasteiger partial charge in [0.25, 0.3) is 0 Å². The monoisotopic (exact) mass is 301 g/mol. The average Bonchev–Trinajstić information content (AvgIpc) is 2.51. The fourth-order valence-electron chi connectivity index (χ4n) is 2.17. The molecule has 21 heavy (non-hydrogen) atoms. The molecule has 110 valence electrons. The molecule has 1 N–H and O–H groups in total. The molecule has 0 heterocycles. The van der Waals surface area contributed by atoms with Crippen LogP contribution in [0.25, 0.3) is 0 Å². The molecule has 0 atom stereocenters. The van der Waals surface area contributed by atoms with Gasteiger partial charge in [0, 0.05) is 6.54 Å². The summed E-state index contributed by atoms with van der Waals surface area (Å²) in [5.74, 6) is 1.33. The second kappa shape index (κ2) is 7.09. The number of hydrogen-bond donors (Lipinski definition) is 1. The SMILES string of the molecule is COc1cccc(C(=S)NCc2cccc(C)c2)c1OC. The molecule has 0 aliphatic carbocycles. The second-order valence-electron chi connectivity index (χ2n) is 4.71. The van der Waals surface area contributed by atoms with Gasteiger partial charge >= 0.3 is 0 Å². The maximum absolute atomic E-state index is 5.47. The highest BCUT2D eigenvalue weighted by atomic mass is 32.1. The van der Waals surface area contributed by atoms with E-state index in [0.717, 1.165) is 5.56 Å². The smallest absolute Gasteiger partial charge is 0.170 e. The zero-order chi connectivity index (χ0) is 15.2. The lowest BCUT2D eigenvalue weighted by Crippen LogP contribution is -2.22. The quantitative estimate of drug-likeness (QED) is 0.857. The van der Waals surface area contributed by atoms with E-state index in [1.165, 1.54) is 11.1 Å². The first-order valence-electron chi connectivity index (χ1n) is 6.70. The standard InChI is InChI=1S/C17H19NO2S/c1-12-6-4-7-13(10-12)11-18-17(21)14-8-5-9-15(19-2)16(14)20-3/h4-10H,11H2,1-3H3,(H,18,21). The highest BCUT2D eigenvalue weighted by Crippen LogP contribution is 2.30. The first-order chi connectivity index (χ1) is 10.2. The molecule has 3 nitrogen and oxygen atoms in total. The van der Waals surface area contributed by atoms with Crippen molar-refractivity contribution in [3.63, 3.8) is 0 Å². The third-order valence-electron chi connectivity index (χ3n) is 3.18. The van der Waals surface area contributed by atoms with Gasteiger partial charge in [0.05, 0.1) is 19.8 Å². The minimum Gasteiger partial charge on any atom is -0.493 e. The first-order valence-corrected chi connectivity index (χ1v) is 7.11. The minimum atomic E-state index is 0.646. The van der Waals surface area contributed by atoms with Gasteiger partial charge in [-0.3, -0.25) is 0 Å². The van der Waals surface area contributed by atoms with Crippen LogP contribution in [0.3, 0.4) is 0 Å². The van der Waals surface area contributed by atoms with E-state index in [2.05, 4.69) is 30.4 Å². The maximum Gasteiger partial charge on any atom is 0.170 e. The zero-order valence-corrected chi connectivity index (χ0v) is 13.3. The molecule has 0 aromatic heterocycles. The van der Waals surface area contributed by atoms with Crippen LogP contribution in [0.2, 0.25) is 0 Å². The van der Waals surface area contributed by atoms with Crippen LogP contribution in [0, 0.1) is 6.92 Å². The number of aryl methyl sites for hydroxylation is 1. The number of ether oxygens (including phenoxy) is 2. The van der Waals surface area contributed by atoms with Crippen LogP contribution in [-0.4, -0.2) is 19.2 Å². The molecule has 0 unspecified atom stereocenters. The topological polar surface area (TPSA) is 30.5 Å². The van der Waals surface area contributed by atoms with Crippen LogP contribution in [0.5, 0.6) is 11.5 Å². The van der Waals surface area contributed by atoms with E-state index < -0.39 is 0 Å². The molecule has 0 saturated carbocycles. The van der Waals surface area contributed by atoms with Gasteiger partial charge in [-0.1, -0.05) is 48.1 Å². The van der Waals surface area contributed by atoms with E-state index in [1.54, 1.807) is 14.2 Å². The number of nitrogens with one attached hydrogen (secondary N) is 1. The maximum atomic E-state index is 5.47. The molecular formula is C17H19NO2S. The lowest BCUT2D eigenvalue weighted by atomic mass is 10.1. The third-order valence-corrected chi connectivity index (χ3v) is 3.55. The summed E-state index contributed by atoms with van der Waals surface area (Å²) in [5.41, 5.74) is 3.26. The molecule has 0 bridgehead atoms. The number of hydrogen-bond acceptors (Lipinski definition) is 3. The molecule has 0 saturated heterocycles. The van der Waals surface area contributed by atoms with Crippen molar-refractivity contribution in [2.24, 2.45) is 0 Å². The van der Waals surface area contributed by atoms with Crippen molar-refractivity contribution < 1.29 is 9.47 Å². The number of para-hydroxylation sites is 1. The van der Waals surface area contributed by atoms with Crippen LogP contribution in [0.4, 0.5) is 0 Å². The van der Waals surface area contributed by atoms with Gasteiger partial charge in [-0.2, -0.15) is 0 Å². The molecule has 4 heteroatoms. The predicted octanol–water partition coefficient (Wildman–Crippen LogP) is 3.48. The van der Waals surface area contributed by atoms with Crippen molar-refractivity contribution in [2.75, 3.05) is 14.2 Å². The van der Waals surface area contributed by atoms with Crippen molar-refractivity contribution in [3.05, 3.63) is 59.2 Å². The summed E-state index contributed by atoms with van der Waals surface area (Å²) in [6.45, 7) is 2.76. The predicted molar refractivity (Wildman–Crippen MR) is 89.3 cm³/mol. The van der Waals surface area contributed by atoms with Gasteiger partial charge in [0.2, 0.25) is 0 Å². The summed E-state index contributed by atoms with van der Waals surface area (Å²) in [5, 5.41) is 3.26. The average molecular weight is 301 g/mol. The Bertz CT molecular complexity index is 640. The first kappa shape index (κ1) is 15.3. The van der Waals surface area contributed by atoms with Gasteiger partial charge in [0.1, 0.15) is 4.99 Å². The molecule has 2 aromatic rings. The van der Waals surface area contributed by atoms with Crippen LogP contribution < -0.4 is 14.8 Å². The summed E-state index contributed by atoms with van der Waals surface area (Å²) in [6, 6.07) is 14.0. The van der Waals surface area contributed by atoms with Crippen molar-refractivity contribution in [1.29, 1.82) is 0 Å². The summed E-state index contributed by atoms with van der Waals surface area (Å²) >= 11 is 5.47. The Morgan fingerprint density at radius 2 is 1.86 bits per heavy atom. The molecular weight excluding hydrogens is 282 g/mol. The van der Waals surface area contributed by atoms with Crippen LogP contribution >= 0.6 is 12.2 Å². The third kappa shape index (κ3) is 3.73. The lowest BCUT2D eigenvalue weighted by Gasteiger charge is -2.14. The fourth-order valence-corrected chi connectivity index (χ4v) is 2.40. The Labute approximate surface area is 130 Å². The number of thiocarbonyl (C=S) groups is 1. The van der Waals surface area contributed by atoms with E-state index in [4.69, 9.17) is 21.7 Å². The van der Waals surface area contributed by atoms with Gasteiger partial charge in [-0.15, -0.1) is 0 Å². The van der Waals surface area contributed by atoms with E-state index in [-0.39, 0.29) is 0 Å². The van der Waals surface area contributed by atoms with Gasteiger partial charge in [-0.05, 0) is 24.6 Å². The molecule has 0 fully saturated rings. The van der Waals surface area contributed by atoms with Crippen molar-refractivity contribution in [3.8, 4) is 11.5 Å². The summed E-state index contributed by atoms with van der Waals surface area (Å²) in [7, 11) is 3.23. The molecule has 0 aliphatic rings. The molecule has 0 spiro atoms. The highest BCUT2D eigenvalue weighted by Gasteiger charge is 2.13. The van der Waals surface area contributed by atoms with Crippen molar-refractivity contribution >= 4 is 17.2 Å². The van der Waals surface area contributed by atoms with Gasteiger partial charge < -0.3 is 14.8 Å². The fraction of sp³-hybridized carbons (Fsp3) is 0.235. The Morgan fingerprint density at radius 1 is 1.10 bits per heavy atom. The number of benzene rings is 2. The van der Waals surface area contributed by atoms with E-state index >= 15 is 0 Å². The summed E-state index contributed by atoms with van der Waals surface area (Å²) in [4.78, 5) is 0.646. The van der Waals surface area contributed by atoms with Crippen LogP contribution in [-0.2, 0) is 6.54 Å². The van der Waals surface area contributed by atoms with E-state index in [1.807, 2.05) is 24.3 Å². The summed E-state index contributed by atoms with van der Waals surface area (Å²) in [6.07, 6.45) is 0. The largest absolute Gasteiger partial charge is 0.493 e. The zero-order valence-electron chi connectivity index (χ0n) is 12.5. The molecule has 0 aliphatic heterocycles. The lowest BCUT2D eigenvalue weighted by molar-refractivity contribution is 0.354. The van der Waals surface area contributed by atoms with Crippen molar-refractivity contribution in [2.45, 2.75) is 13.5 Å². The van der Waals surface area contributed by atoms with Crippen molar-refractivity contribution in [1.82, 2.24) is 5.32 Å². The van der Waals surface area contributed by atoms with Crippen LogP contribution in [0.15, 0.2) is 42.5 Å². The Morgan fingerprint density at radius 3 is 2.52 bits per heavy atom. The van der Waals surface area contributed by atoms with Gasteiger partial charge in [0.15, 0.2) is 11.5 Å². The van der Waals surface area contributed by atoms with E-state index in [0.29, 0.717) is 23.0 Å². The Hall–Kier alpha value is -2.07. The number of methoxy groups -OCH3 is 2. The second-order valence-corrected chi connectivity index (χ2v) is 5.12. The molecule has 2 aromatic carbocycles. The Balaban J connectivity index is 2.14. The summed E-state index contributed by atoms with van der Waals surface area (Å²) < 4.78 is 10.7. The normalized spacial score (nSPS) is 10.0. The highest BCUT2D eigenvalue weighted by molar-refractivity contribution is 7.80. The van der Waals surface area contributed by atoms with Crippen LogP contribution in [0.1, 0.15) is 16.7 Å². The number of rotatable bonds is 5. The van der Waals surface area contributed by atoms with Gasteiger partial charge in [-0.25, -0.2) is 0 Å². The molecule has 0 radical (unpaired) electrons. The molecule has 2 rings (SSSR count). The minimum absolute atomic E-state index is 0.646.